The van der Waals surface area contributed by atoms with Crippen molar-refractivity contribution in [2.75, 3.05) is 52.2 Å². The Morgan fingerprint density at radius 3 is 2.71 bits per heavy atom. The number of carbonyl (C=O) groups is 1. The molecule has 2 saturated heterocycles. The molecular formula is C17H27N5O2. The first-order valence-corrected chi connectivity index (χ1v) is 8.68. The lowest BCUT2D eigenvalue weighted by Gasteiger charge is -2.31. The number of anilines is 1. The van der Waals surface area contributed by atoms with Gasteiger partial charge in [-0.15, -0.1) is 10.2 Å². The van der Waals surface area contributed by atoms with Crippen LogP contribution in [0.5, 0.6) is 5.88 Å². The SMILES string of the molecule is CN1CCC[C@H](C(=O)N2CC[C@H](Oc3ccc(N(C)C)nn3)C2)C1. The van der Waals surface area contributed by atoms with Crippen LogP contribution < -0.4 is 9.64 Å². The van der Waals surface area contributed by atoms with Crippen LogP contribution in [0.25, 0.3) is 0 Å². The Labute approximate surface area is 143 Å². The average Bonchev–Trinajstić information content (AvgIpc) is 3.03. The molecule has 7 nitrogen and oxygen atoms in total. The largest absolute Gasteiger partial charge is 0.471 e. The van der Waals surface area contributed by atoms with E-state index < -0.39 is 0 Å². The second-order valence-electron chi connectivity index (χ2n) is 7.04. The molecule has 2 fully saturated rings. The van der Waals surface area contributed by atoms with Gasteiger partial charge in [0.15, 0.2) is 5.82 Å². The van der Waals surface area contributed by atoms with Crippen LogP contribution in [0.4, 0.5) is 5.82 Å². The van der Waals surface area contributed by atoms with Crippen LogP contribution in [0.15, 0.2) is 12.1 Å². The van der Waals surface area contributed by atoms with E-state index in [1.807, 2.05) is 36.0 Å². The van der Waals surface area contributed by atoms with Crippen LogP contribution >= 0.6 is 0 Å². The number of aromatic nitrogens is 2. The zero-order valence-electron chi connectivity index (χ0n) is 14.8. The quantitative estimate of drug-likeness (QED) is 0.815. The number of rotatable bonds is 4. The summed E-state index contributed by atoms with van der Waals surface area (Å²) in [6.45, 7) is 3.39. The van der Waals surface area contributed by atoms with Crippen molar-refractivity contribution in [1.29, 1.82) is 0 Å². The molecule has 2 aliphatic rings. The maximum absolute atomic E-state index is 12.7. The third-order valence-corrected chi connectivity index (χ3v) is 4.80. The Kier molecular flexibility index (Phi) is 5.18. The lowest BCUT2D eigenvalue weighted by atomic mass is 9.97. The van der Waals surface area contributed by atoms with Crippen LogP contribution in [0.1, 0.15) is 19.3 Å². The highest BCUT2D eigenvalue weighted by molar-refractivity contribution is 5.79. The fraction of sp³-hybridized carbons (Fsp3) is 0.706. The molecule has 0 aromatic carbocycles. The van der Waals surface area contributed by atoms with Crippen molar-refractivity contribution >= 4 is 11.7 Å². The maximum Gasteiger partial charge on any atom is 0.233 e. The van der Waals surface area contributed by atoms with Crippen molar-refractivity contribution in [3.8, 4) is 5.88 Å². The van der Waals surface area contributed by atoms with Crippen molar-refractivity contribution < 1.29 is 9.53 Å². The van der Waals surface area contributed by atoms with E-state index in [2.05, 4.69) is 22.1 Å². The Balaban J connectivity index is 1.52. The van der Waals surface area contributed by atoms with E-state index in [0.717, 1.165) is 44.7 Å². The summed E-state index contributed by atoms with van der Waals surface area (Å²) < 4.78 is 5.90. The molecule has 3 rings (SSSR count). The van der Waals surface area contributed by atoms with Gasteiger partial charge in [0, 0.05) is 39.7 Å². The van der Waals surface area contributed by atoms with Crippen molar-refractivity contribution in [3.05, 3.63) is 12.1 Å². The minimum Gasteiger partial charge on any atom is -0.471 e. The summed E-state index contributed by atoms with van der Waals surface area (Å²) in [5, 5.41) is 8.23. The molecule has 2 aliphatic heterocycles. The second kappa shape index (κ2) is 7.34. The molecule has 0 radical (unpaired) electrons. The van der Waals surface area contributed by atoms with Crippen LogP contribution in [0.3, 0.4) is 0 Å². The number of nitrogens with zero attached hydrogens (tertiary/aromatic N) is 5. The molecule has 1 aromatic rings. The van der Waals surface area contributed by atoms with Gasteiger partial charge in [-0.1, -0.05) is 0 Å². The third kappa shape index (κ3) is 3.95. The first-order valence-electron chi connectivity index (χ1n) is 8.68. The normalized spacial score (nSPS) is 24.9. The Morgan fingerprint density at radius 1 is 1.21 bits per heavy atom. The lowest BCUT2D eigenvalue weighted by Crippen LogP contribution is -2.43. The van der Waals surface area contributed by atoms with Gasteiger partial charge in [-0.05, 0) is 32.5 Å². The van der Waals surface area contributed by atoms with Gasteiger partial charge in [-0.3, -0.25) is 4.79 Å². The van der Waals surface area contributed by atoms with Gasteiger partial charge in [0.2, 0.25) is 11.8 Å². The van der Waals surface area contributed by atoms with Crippen LogP contribution in [-0.4, -0.2) is 79.3 Å². The smallest absolute Gasteiger partial charge is 0.233 e. The molecule has 0 saturated carbocycles. The highest BCUT2D eigenvalue weighted by atomic mass is 16.5. The molecular weight excluding hydrogens is 306 g/mol. The van der Waals surface area contributed by atoms with Gasteiger partial charge in [-0.25, -0.2) is 0 Å². The fourth-order valence-corrected chi connectivity index (χ4v) is 3.44. The van der Waals surface area contributed by atoms with E-state index in [1.54, 1.807) is 0 Å². The minimum atomic E-state index is 0.00905. The summed E-state index contributed by atoms with van der Waals surface area (Å²) in [7, 11) is 5.94. The number of hydrogen-bond acceptors (Lipinski definition) is 6. The molecule has 0 aliphatic carbocycles. The zero-order valence-corrected chi connectivity index (χ0v) is 14.8. The van der Waals surface area contributed by atoms with E-state index >= 15 is 0 Å². The third-order valence-electron chi connectivity index (χ3n) is 4.80. The van der Waals surface area contributed by atoms with E-state index in [9.17, 15) is 4.79 Å². The summed E-state index contributed by atoms with van der Waals surface area (Å²) in [6, 6.07) is 3.72. The Morgan fingerprint density at radius 2 is 2.04 bits per heavy atom. The number of hydrogen-bond donors (Lipinski definition) is 0. The monoisotopic (exact) mass is 333 g/mol. The summed E-state index contributed by atoms with van der Waals surface area (Å²) in [6.07, 6.45) is 2.97. The molecule has 1 aromatic heterocycles. The summed E-state index contributed by atoms with van der Waals surface area (Å²) >= 11 is 0. The molecule has 0 unspecified atom stereocenters. The topological polar surface area (TPSA) is 61.8 Å². The summed E-state index contributed by atoms with van der Waals surface area (Å²) in [5.41, 5.74) is 0. The van der Waals surface area contributed by atoms with E-state index in [0.29, 0.717) is 12.4 Å². The lowest BCUT2D eigenvalue weighted by molar-refractivity contribution is -0.136. The number of ether oxygens (including phenoxy) is 1. The van der Waals surface area contributed by atoms with E-state index in [4.69, 9.17) is 4.74 Å². The molecule has 0 bridgehead atoms. The molecule has 132 valence electrons. The standard InChI is InChI=1S/C17H27N5O2/c1-20(2)15-6-7-16(19-18-15)24-14-8-10-22(12-14)17(23)13-5-4-9-21(3)11-13/h6-7,13-14H,4-5,8-12H2,1-3H3/t13-,14-/m0/s1. The molecule has 3 heterocycles. The van der Waals surface area contributed by atoms with Gasteiger partial charge in [0.25, 0.3) is 0 Å². The summed E-state index contributed by atoms with van der Waals surface area (Å²) in [4.78, 5) is 18.8. The maximum atomic E-state index is 12.7. The fourth-order valence-electron chi connectivity index (χ4n) is 3.44. The van der Waals surface area contributed by atoms with Crippen molar-refractivity contribution in [1.82, 2.24) is 20.0 Å². The van der Waals surface area contributed by atoms with Crippen LogP contribution in [0, 0.1) is 5.92 Å². The van der Waals surface area contributed by atoms with Crippen LogP contribution in [-0.2, 0) is 4.79 Å². The number of piperidine rings is 1. The van der Waals surface area contributed by atoms with Gasteiger partial charge < -0.3 is 19.4 Å². The molecule has 2 atom stereocenters. The van der Waals surface area contributed by atoms with Crippen molar-refractivity contribution in [2.24, 2.45) is 5.92 Å². The number of carbonyl (C=O) groups excluding carboxylic acids is 1. The molecule has 0 spiro atoms. The number of amides is 1. The Bertz CT molecular complexity index is 563. The van der Waals surface area contributed by atoms with Crippen molar-refractivity contribution in [2.45, 2.75) is 25.4 Å². The van der Waals surface area contributed by atoms with Gasteiger partial charge >= 0.3 is 0 Å². The Hall–Kier alpha value is -1.89. The average molecular weight is 333 g/mol. The zero-order chi connectivity index (χ0) is 17.1. The van der Waals surface area contributed by atoms with E-state index in [1.165, 1.54) is 0 Å². The molecule has 0 N–H and O–H groups in total. The van der Waals surface area contributed by atoms with Gasteiger partial charge in [0.1, 0.15) is 6.10 Å². The predicted octanol–water partition coefficient (Wildman–Crippen LogP) is 0.864. The molecule has 1 amide bonds. The number of likely N-dealkylation sites (tertiary alicyclic amines) is 2. The van der Waals surface area contributed by atoms with Crippen molar-refractivity contribution in [3.63, 3.8) is 0 Å². The summed E-state index contributed by atoms with van der Waals surface area (Å²) in [5.74, 6) is 1.74. The first-order chi connectivity index (χ1) is 11.5. The highest BCUT2D eigenvalue weighted by Crippen LogP contribution is 2.22. The molecule has 24 heavy (non-hydrogen) atoms. The predicted molar refractivity (Wildman–Crippen MR) is 92.2 cm³/mol. The van der Waals surface area contributed by atoms with Gasteiger partial charge in [-0.2, -0.15) is 0 Å². The van der Waals surface area contributed by atoms with E-state index in [-0.39, 0.29) is 17.9 Å². The highest BCUT2D eigenvalue weighted by Gasteiger charge is 2.33. The van der Waals surface area contributed by atoms with Gasteiger partial charge in [0.05, 0.1) is 12.5 Å². The molecule has 7 heteroatoms. The first kappa shape index (κ1) is 17.0. The minimum absolute atomic E-state index is 0.00905. The van der Waals surface area contributed by atoms with Crippen LogP contribution in [0.2, 0.25) is 0 Å². The second-order valence-corrected chi connectivity index (χ2v) is 7.04.